The number of carboxylic acids is 1. The zero-order chi connectivity index (χ0) is 27.3. The molecule has 2 aromatic carbocycles. The molecule has 200 valence electrons. The predicted molar refractivity (Wildman–Crippen MR) is 139 cm³/mol. The number of nitrogens with one attached hydrogen (secondary N) is 2. The van der Waals surface area contributed by atoms with Gasteiger partial charge < -0.3 is 15.7 Å². The second-order valence-electron chi connectivity index (χ2n) is 8.77. The van der Waals surface area contributed by atoms with E-state index >= 15 is 0 Å². The fraction of sp³-hybridized carbons (Fsp3) is 0.269. The molecule has 12 heteroatoms. The first-order chi connectivity index (χ1) is 18.1. The summed E-state index contributed by atoms with van der Waals surface area (Å²) < 4.78 is 41.1. The van der Waals surface area contributed by atoms with Crippen LogP contribution in [0.4, 0.5) is 4.39 Å². The number of carboxylic acid groups (broad SMARTS) is 1. The van der Waals surface area contributed by atoms with Crippen molar-refractivity contribution in [2.45, 2.75) is 42.1 Å². The van der Waals surface area contributed by atoms with Gasteiger partial charge in [-0.05, 0) is 54.8 Å². The molecule has 2 amide bonds. The molecule has 0 radical (unpaired) electrons. The third kappa shape index (κ3) is 6.44. The predicted octanol–water partition coefficient (Wildman–Crippen LogP) is 2.78. The summed E-state index contributed by atoms with van der Waals surface area (Å²) in [6.07, 6.45) is 0.613. The molecule has 2 heterocycles. The smallest absolute Gasteiger partial charge is 0.326 e. The van der Waals surface area contributed by atoms with Crippen LogP contribution in [0.3, 0.4) is 0 Å². The van der Waals surface area contributed by atoms with Crippen molar-refractivity contribution < 1.29 is 32.3 Å². The lowest BCUT2D eigenvalue weighted by molar-refractivity contribution is -0.142. The molecular formula is C26H26FN3O6S2. The van der Waals surface area contributed by atoms with E-state index in [0.717, 1.165) is 15.6 Å². The van der Waals surface area contributed by atoms with Crippen molar-refractivity contribution in [2.75, 3.05) is 6.54 Å². The van der Waals surface area contributed by atoms with Crippen LogP contribution in [0.2, 0.25) is 0 Å². The van der Waals surface area contributed by atoms with Crippen LogP contribution in [0.1, 0.15) is 33.6 Å². The first kappa shape index (κ1) is 27.4. The number of thiophene rings is 1. The molecule has 2 atom stereocenters. The molecule has 1 aromatic heterocycles. The topological polar surface area (TPSA) is 133 Å². The van der Waals surface area contributed by atoms with Crippen LogP contribution in [-0.2, 0) is 32.6 Å². The summed E-state index contributed by atoms with van der Waals surface area (Å²) >= 11 is 0.999. The Morgan fingerprint density at radius 1 is 1.05 bits per heavy atom. The van der Waals surface area contributed by atoms with Gasteiger partial charge in [0.15, 0.2) is 0 Å². The van der Waals surface area contributed by atoms with E-state index in [4.69, 9.17) is 0 Å². The third-order valence-corrected chi connectivity index (χ3v) is 9.59. The minimum absolute atomic E-state index is 0.0299. The molecule has 3 aromatic rings. The van der Waals surface area contributed by atoms with Crippen molar-refractivity contribution in [3.05, 3.63) is 88.6 Å². The second-order valence-corrected chi connectivity index (χ2v) is 12.1. The zero-order valence-electron chi connectivity index (χ0n) is 20.2. The van der Waals surface area contributed by atoms with Crippen LogP contribution in [0.15, 0.2) is 70.9 Å². The van der Waals surface area contributed by atoms with E-state index in [1.165, 1.54) is 30.3 Å². The molecule has 0 unspecified atom stereocenters. The van der Waals surface area contributed by atoms with Crippen LogP contribution >= 0.6 is 11.3 Å². The van der Waals surface area contributed by atoms with Crippen LogP contribution in [-0.4, -0.2) is 54.2 Å². The van der Waals surface area contributed by atoms with E-state index in [1.807, 2.05) is 0 Å². The number of carbonyl (C=O) groups excluding carboxylic acids is 2. The average molecular weight is 560 g/mol. The Hall–Kier alpha value is -3.61. The highest BCUT2D eigenvalue weighted by atomic mass is 32.2. The Labute approximate surface area is 223 Å². The second kappa shape index (κ2) is 11.8. The fourth-order valence-electron chi connectivity index (χ4n) is 4.18. The van der Waals surface area contributed by atoms with Gasteiger partial charge in [-0.3, -0.25) is 9.59 Å². The summed E-state index contributed by atoms with van der Waals surface area (Å²) in [4.78, 5) is 37.7. The van der Waals surface area contributed by atoms with Crippen LogP contribution < -0.4 is 10.6 Å². The van der Waals surface area contributed by atoms with Crippen molar-refractivity contribution in [1.29, 1.82) is 0 Å². The van der Waals surface area contributed by atoms with Crippen LogP contribution in [0.5, 0.6) is 0 Å². The Bertz CT molecular complexity index is 1410. The number of aliphatic carboxylic acids is 1. The quantitative estimate of drug-likeness (QED) is 0.350. The summed E-state index contributed by atoms with van der Waals surface area (Å²) in [7, 11) is -4.03. The third-order valence-electron chi connectivity index (χ3n) is 6.13. The molecule has 1 saturated heterocycles. The van der Waals surface area contributed by atoms with Gasteiger partial charge in [-0.1, -0.05) is 30.3 Å². The Morgan fingerprint density at radius 3 is 2.45 bits per heavy atom. The highest BCUT2D eigenvalue weighted by Gasteiger charge is 2.41. The lowest BCUT2D eigenvalue weighted by Gasteiger charge is -2.24. The summed E-state index contributed by atoms with van der Waals surface area (Å²) in [5, 5.41) is 14.8. The first-order valence-electron chi connectivity index (χ1n) is 11.9. The summed E-state index contributed by atoms with van der Waals surface area (Å²) in [6, 6.07) is 14.6. The summed E-state index contributed by atoms with van der Waals surface area (Å²) in [5.74, 6) is -2.73. The van der Waals surface area contributed by atoms with Crippen molar-refractivity contribution >= 4 is 39.1 Å². The number of carbonyl (C=O) groups is 3. The lowest BCUT2D eigenvalue weighted by Crippen LogP contribution is -2.51. The molecule has 0 bridgehead atoms. The van der Waals surface area contributed by atoms with Gasteiger partial charge in [0.1, 0.15) is 22.1 Å². The molecule has 1 aliphatic rings. The standard InChI is InChI=1S/C26H26FN3O6S2/c27-19-10-8-17(9-11-19)15-21(26(33)34)29-25(32)22-7-4-14-30(22)38(35,36)23-13-12-20(37-23)16-28-24(31)18-5-2-1-3-6-18/h1-3,5-6,8-13,21-22H,4,7,14-16H2,(H,28,31)(H,29,32)(H,33,34)/t21-,22-/m0/s1. The number of halogens is 1. The monoisotopic (exact) mass is 559 g/mol. The van der Waals surface area contributed by atoms with Crippen molar-refractivity contribution in [2.24, 2.45) is 0 Å². The number of hydrogen-bond donors (Lipinski definition) is 3. The van der Waals surface area contributed by atoms with Gasteiger partial charge in [0, 0.05) is 23.4 Å². The first-order valence-corrected chi connectivity index (χ1v) is 14.1. The molecule has 3 N–H and O–H groups in total. The van der Waals surface area contributed by atoms with E-state index in [9.17, 15) is 32.3 Å². The van der Waals surface area contributed by atoms with Crippen molar-refractivity contribution in [1.82, 2.24) is 14.9 Å². The number of hydrogen-bond acceptors (Lipinski definition) is 6. The normalized spacial score (nSPS) is 16.6. The van der Waals surface area contributed by atoms with Crippen molar-refractivity contribution in [3.63, 3.8) is 0 Å². The minimum atomic E-state index is -4.03. The number of amides is 2. The molecule has 1 fully saturated rings. The number of rotatable bonds is 10. The average Bonchev–Trinajstić information content (AvgIpc) is 3.59. The number of nitrogens with zero attached hydrogens (tertiary/aromatic N) is 1. The zero-order valence-corrected chi connectivity index (χ0v) is 21.8. The van der Waals surface area contributed by atoms with Gasteiger partial charge in [0.05, 0.1) is 6.54 Å². The SMILES string of the molecule is O=C(NCc1ccc(S(=O)(=O)N2CCC[C@H]2C(=O)N[C@@H](Cc2ccc(F)cc2)C(=O)O)s1)c1ccccc1. The van der Waals surface area contributed by atoms with E-state index in [1.54, 1.807) is 36.4 Å². The largest absolute Gasteiger partial charge is 0.480 e. The van der Waals surface area contributed by atoms with Gasteiger partial charge in [-0.15, -0.1) is 11.3 Å². The maximum Gasteiger partial charge on any atom is 0.326 e. The van der Waals surface area contributed by atoms with Gasteiger partial charge in [0.25, 0.3) is 15.9 Å². The maximum atomic E-state index is 13.4. The van der Waals surface area contributed by atoms with Crippen LogP contribution in [0, 0.1) is 5.82 Å². The molecule has 9 nitrogen and oxygen atoms in total. The fourth-order valence-corrected chi connectivity index (χ4v) is 7.26. The van der Waals surface area contributed by atoms with E-state index in [-0.39, 0.29) is 36.0 Å². The molecule has 38 heavy (non-hydrogen) atoms. The minimum Gasteiger partial charge on any atom is -0.480 e. The Kier molecular flexibility index (Phi) is 8.55. The van der Waals surface area contributed by atoms with E-state index < -0.39 is 39.8 Å². The lowest BCUT2D eigenvalue weighted by atomic mass is 10.1. The van der Waals surface area contributed by atoms with Gasteiger partial charge in [-0.25, -0.2) is 17.6 Å². The summed E-state index contributed by atoms with van der Waals surface area (Å²) in [5.41, 5.74) is 1.00. The highest BCUT2D eigenvalue weighted by Crippen LogP contribution is 2.30. The maximum absolute atomic E-state index is 13.4. The Morgan fingerprint density at radius 2 is 1.76 bits per heavy atom. The number of sulfonamides is 1. The molecule has 0 aliphatic carbocycles. The number of benzene rings is 2. The molecular weight excluding hydrogens is 533 g/mol. The van der Waals surface area contributed by atoms with Gasteiger partial charge in [0.2, 0.25) is 5.91 Å². The molecule has 1 aliphatic heterocycles. The van der Waals surface area contributed by atoms with E-state index in [2.05, 4.69) is 10.6 Å². The summed E-state index contributed by atoms with van der Waals surface area (Å²) in [6.45, 7) is 0.260. The van der Waals surface area contributed by atoms with Gasteiger partial charge in [-0.2, -0.15) is 4.31 Å². The van der Waals surface area contributed by atoms with Crippen molar-refractivity contribution in [3.8, 4) is 0 Å². The Balaban J connectivity index is 1.41. The molecule has 4 rings (SSSR count). The van der Waals surface area contributed by atoms with E-state index in [0.29, 0.717) is 22.4 Å². The molecule has 0 spiro atoms. The molecule has 0 saturated carbocycles. The van der Waals surface area contributed by atoms with Gasteiger partial charge >= 0.3 is 5.97 Å². The highest BCUT2D eigenvalue weighted by molar-refractivity contribution is 7.91. The van der Waals surface area contributed by atoms with Crippen LogP contribution in [0.25, 0.3) is 0 Å².